The van der Waals surface area contributed by atoms with Crippen molar-refractivity contribution in [3.05, 3.63) is 35.4 Å². The molecule has 0 aliphatic carbocycles. The Morgan fingerprint density at radius 2 is 2.00 bits per heavy atom. The highest BCUT2D eigenvalue weighted by Crippen LogP contribution is 2.19. The lowest BCUT2D eigenvalue weighted by Gasteiger charge is -2.28. The first-order valence-electron chi connectivity index (χ1n) is 8.53. The van der Waals surface area contributed by atoms with Crippen LogP contribution in [0.1, 0.15) is 42.1 Å². The van der Waals surface area contributed by atoms with E-state index in [1.165, 1.54) is 29.2 Å². The molecule has 0 N–H and O–H groups in total. The van der Waals surface area contributed by atoms with Gasteiger partial charge in [0.15, 0.2) is 16.4 Å². The summed E-state index contributed by atoms with van der Waals surface area (Å²) in [5, 5.41) is 8.76. The van der Waals surface area contributed by atoms with Crippen molar-refractivity contribution in [3.8, 4) is 6.07 Å². The summed E-state index contributed by atoms with van der Waals surface area (Å²) in [6, 6.07) is 7.51. The van der Waals surface area contributed by atoms with E-state index in [9.17, 15) is 18.0 Å². The maximum absolute atomic E-state index is 12.5. The Morgan fingerprint density at radius 1 is 1.31 bits per heavy atom. The molecule has 0 aromatic heterocycles. The Hall–Kier alpha value is -2.40. The van der Waals surface area contributed by atoms with Gasteiger partial charge in [0, 0.05) is 12.6 Å². The number of carbonyl (C=O) groups excluding carboxylic acids is 2. The van der Waals surface area contributed by atoms with Gasteiger partial charge in [-0.15, -0.1) is 0 Å². The van der Waals surface area contributed by atoms with Crippen LogP contribution in [0.4, 0.5) is 0 Å². The minimum absolute atomic E-state index is 0.0357. The molecule has 0 saturated carbocycles. The van der Waals surface area contributed by atoms with Gasteiger partial charge in [-0.25, -0.2) is 13.2 Å². The Bertz CT molecular complexity index is 796. The number of amides is 1. The highest BCUT2D eigenvalue weighted by atomic mass is 32.2. The molecule has 7 nitrogen and oxygen atoms in total. The number of hydrogen-bond donors (Lipinski definition) is 0. The van der Waals surface area contributed by atoms with Crippen molar-refractivity contribution in [1.82, 2.24) is 4.90 Å². The van der Waals surface area contributed by atoms with E-state index < -0.39 is 22.4 Å². The van der Waals surface area contributed by atoms with Gasteiger partial charge in [0.1, 0.15) is 0 Å². The lowest BCUT2D eigenvalue weighted by molar-refractivity contribution is -0.136. The number of rotatable bonds is 7. The number of unbranched alkanes of at least 4 members (excludes halogenated alkanes) is 1. The SMILES string of the molecule is CCCCN(C(=O)COC(=O)c1ccc(C#N)cc1)C1CCS(=O)(=O)C1. The van der Waals surface area contributed by atoms with Crippen LogP contribution in [0, 0.1) is 11.3 Å². The number of hydrogen-bond acceptors (Lipinski definition) is 6. The summed E-state index contributed by atoms with van der Waals surface area (Å²) in [6.45, 7) is 2.00. The van der Waals surface area contributed by atoms with E-state index in [2.05, 4.69) is 0 Å². The van der Waals surface area contributed by atoms with Crippen molar-refractivity contribution >= 4 is 21.7 Å². The van der Waals surface area contributed by atoms with Crippen LogP contribution in [0.5, 0.6) is 0 Å². The molecule has 2 rings (SSSR count). The van der Waals surface area contributed by atoms with Crippen LogP contribution in [-0.2, 0) is 19.4 Å². The molecule has 1 aliphatic heterocycles. The Kier molecular flexibility index (Phi) is 6.75. The molecule has 1 fully saturated rings. The molecule has 140 valence electrons. The molecular formula is C18H22N2O5S. The normalized spacial score (nSPS) is 18.1. The number of ether oxygens (including phenoxy) is 1. The van der Waals surface area contributed by atoms with Crippen LogP contribution in [0.15, 0.2) is 24.3 Å². The molecule has 0 spiro atoms. The van der Waals surface area contributed by atoms with Crippen LogP contribution in [-0.4, -0.2) is 55.9 Å². The standard InChI is InChI=1S/C18H22N2O5S/c1-2-3-9-20(16-8-10-26(23,24)13-16)17(21)12-25-18(22)15-6-4-14(11-19)5-7-15/h4-7,16H,2-3,8-10,12-13H2,1H3. The molecule has 26 heavy (non-hydrogen) atoms. The van der Waals surface area contributed by atoms with Gasteiger partial charge in [0.2, 0.25) is 0 Å². The molecule has 1 heterocycles. The quantitative estimate of drug-likeness (QED) is 0.667. The first-order valence-corrected chi connectivity index (χ1v) is 10.4. The average molecular weight is 378 g/mol. The zero-order chi connectivity index (χ0) is 19.2. The summed E-state index contributed by atoms with van der Waals surface area (Å²) in [5.74, 6) is -0.996. The fourth-order valence-electron chi connectivity index (χ4n) is 2.83. The third-order valence-electron chi connectivity index (χ3n) is 4.30. The first kappa shape index (κ1) is 19.9. The molecule has 1 aromatic rings. The highest BCUT2D eigenvalue weighted by Gasteiger charge is 2.34. The van der Waals surface area contributed by atoms with E-state index in [1.54, 1.807) is 0 Å². The fourth-order valence-corrected chi connectivity index (χ4v) is 4.57. The van der Waals surface area contributed by atoms with Crippen molar-refractivity contribution < 1.29 is 22.7 Å². The van der Waals surface area contributed by atoms with Gasteiger partial charge in [-0.1, -0.05) is 13.3 Å². The number of nitriles is 1. The van der Waals surface area contributed by atoms with E-state index >= 15 is 0 Å². The summed E-state index contributed by atoms with van der Waals surface area (Å²) in [5.41, 5.74) is 0.672. The van der Waals surface area contributed by atoms with Gasteiger partial charge < -0.3 is 9.64 Å². The predicted molar refractivity (Wildman–Crippen MR) is 95.1 cm³/mol. The van der Waals surface area contributed by atoms with Gasteiger partial charge in [-0.2, -0.15) is 5.26 Å². The summed E-state index contributed by atoms with van der Waals surface area (Å²) < 4.78 is 28.5. The van der Waals surface area contributed by atoms with Crippen LogP contribution in [0.2, 0.25) is 0 Å². The monoisotopic (exact) mass is 378 g/mol. The van der Waals surface area contributed by atoms with Crippen LogP contribution < -0.4 is 0 Å². The number of esters is 1. The van der Waals surface area contributed by atoms with Gasteiger partial charge in [0.05, 0.1) is 28.7 Å². The maximum Gasteiger partial charge on any atom is 0.338 e. The van der Waals surface area contributed by atoms with E-state index in [4.69, 9.17) is 10.00 Å². The number of carbonyl (C=O) groups is 2. The fraction of sp³-hybridized carbons (Fsp3) is 0.500. The van der Waals surface area contributed by atoms with Crippen molar-refractivity contribution in [2.45, 2.75) is 32.2 Å². The zero-order valence-corrected chi connectivity index (χ0v) is 15.5. The summed E-state index contributed by atoms with van der Waals surface area (Å²) in [7, 11) is -3.11. The van der Waals surface area contributed by atoms with Crippen molar-refractivity contribution in [3.63, 3.8) is 0 Å². The van der Waals surface area contributed by atoms with Crippen LogP contribution in [0.25, 0.3) is 0 Å². The van der Waals surface area contributed by atoms with E-state index in [1.807, 2.05) is 13.0 Å². The smallest absolute Gasteiger partial charge is 0.338 e. The van der Waals surface area contributed by atoms with Gasteiger partial charge >= 0.3 is 5.97 Å². The third kappa shape index (κ3) is 5.30. The minimum atomic E-state index is -3.11. The van der Waals surface area contributed by atoms with Crippen molar-refractivity contribution in [2.24, 2.45) is 0 Å². The molecule has 0 bridgehead atoms. The number of benzene rings is 1. The summed E-state index contributed by atoms with van der Waals surface area (Å²) in [6.07, 6.45) is 2.04. The molecular weight excluding hydrogens is 356 g/mol. The zero-order valence-electron chi connectivity index (χ0n) is 14.7. The third-order valence-corrected chi connectivity index (χ3v) is 6.05. The van der Waals surface area contributed by atoms with E-state index in [0.717, 1.165) is 12.8 Å². The average Bonchev–Trinajstić information content (AvgIpc) is 2.99. The minimum Gasteiger partial charge on any atom is -0.452 e. The molecule has 0 radical (unpaired) electrons. The highest BCUT2D eigenvalue weighted by molar-refractivity contribution is 7.91. The Balaban J connectivity index is 1.97. The summed E-state index contributed by atoms with van der Waals surface area (Å²) in [4.78, 5) is 26.1. The lowest BCUT2D eigenvalue weighted by Crippen LogP contribution is -2.43. The molecule has 1 amide bonds. The molecule has 8 heteroatoms. The maximum atomic E-state index is 12.5. The first-order chi connectivity index (χ1) is 12.4. The number of sulfone groups is 1. The molecule has 1 saturated heterocycles. The second kappa shape index (κ2) is 8.81. The topological polar surface area (TPSA) is 105 Å². The van der Waals surface area contributed by atoms with Gasteiger partial charge in [0.25, 0.3) is 5.91 Å². The van der Waals surface area contributed by atoms with Crippen molar-refractivity contribution in [1.29, 1.82) is 5.26 Å². The molecule has 1 atom stereocenters. The van der Waals surface area contributed by atoms with Crippen molar-refractivity contribution in [2.75, 3.05) is 24.7 Å². The molecule has 1 aliphatic rings. The van der Waals surface area contributed by atoms with E-state index in [0.29, 0.717) is 18.5 Å². The van der Waals surface area contributed by atoms with Crippen LogP contribution in [0.3, 0.4) is 0 Å². The second-order valence-corrected chi connectivity index (χ2v) is 8.49. The molecule has 1 unspecified atom stereocenters. The molecule has 1 aromatic carbocycles. The Labute approximate surface area is 153 Å². The lowest BCUT2D eigenvalue weighted by atomic mass is 10.1. The van der Waals surface area contributed by atoms with Gasteiger partial charge in [-0.05, 0) is 37.1 Å². The van der Waals surface area contributed by atoms with Gasteiger partial charge in [-0.3, -0.25) is 4.79 Å². The summed E-state index contributed by atoms with van der Waals surface area (Å²) >= 11 is 0. The Morgan fingerprint density at radius 3 is 2.54 bits per heavy atom. The second-order valence-electron chi connectivity index (χ2n) is 6.26. The number of nitrogens with zero attached hydrogens (tertiary/aromatic N) is 2. The largest absolute Gasteiger partial charge is 0.452 e. The predicted octanol–water partition coefficient (Wildman–Crippen LogP) is 1.53. The van der Waals surface area contributed by atoms with E-state index in [-0.39, 0.29) is 29.0 Å². The van der Waals surface area contributed by atoms with Crippen LogP contribution >= 0.6 is 0 Å².